The van der Waals surface area contributed by atoms with E-state index in [1.54, 1.807) is 6.08 Å². The van der Waals surface area contributed by atoms with Crippen LogP contribution in [0.5, 0.6) is 0 Å². The highest BCUT2D eigenvalue weighted by atomic mass is 16.2. The van der Waals surface area contributed by atoms with Crippen molar-refractivity contribution in [2.24, 2.45) is 0 Å². The molecule has 1 heteroatoms. The highest BCUT2D eigenvalue weighted by Gasteiger charge is 1.87. The monoisotopic (exact) mass is 182 g/mol. The molecule has 0 radical (unpaired) electrons. The molecule has 0 aromatic carbocycles. The third kappa shape index (κ3) is 11.3. The molecule has 0 aliphatic carbocycles. The van der Waals surface area contributed by atoms with Gasteiger partial charge in [-0.05, 0) is 18.9 Å². The first-order valence-electron chi connectivity index (χ1n) is 5.37. The molecule has 0 saturated carbocycles. The van der Waals surface area contributed by atoms with E-state index < -0.39 is 0 Å². The number of hydrogen-bond donors (Lipinski definition) is 1. The van der Waals surface area contributed by atoms with Gasteiger partial charge >= 0.3 is 0 Å². The Morgan fingerprint density at radius 2 is 1.62 bits per heavy atom. The van der Waals surface area contributed by atoms with Crippen molar-refractivity contribution in [2.45, 2.75) is 51.9 Å². The fourth-order valence-corrected chi connectivity index (χ4v) is 1.27. The average molecular weight is 182 g/mol. The van der Waals surface area contributed by atoms with Crippen molar-refractivity contribution in [1.82, 2.24) is 0 Å². The van der Waals surface area contributed by atoms with Gasteiger partial charge in [0.1, 0.15) is 0 Å². The van der Waals surface area contributed by atoms with Crippen molar-refractivity contribution >= 4 is 0 Å². The number of unbranched alkanes of at least 4 members (excludes halogenated alkanes) is 6. The van der Waals surface area contributed by atoms with Gasteiger partial charge in [-0.25, -0.2) is 0 Å². The minimum atomic E-state index is 1.07. The zero-order valence-corrected chi connectivity index (χ0v) is 8.71. The van der Waals surface area contributed by atoms with Gasteiger partial charge < -0.3 is 5.11 Å². The van der Waals surface area contributed by atoms with Crippen LogP contribution in [0.2, 0.25) is 0 Å². The molecule has 0 aliphatic heterocycles. The lowest BCUT2D eigenvalue weighted by Gasteiger charge is -1.96. The van der Waals surface area contributed by atoms with Crippen LogP contribution >= 0.6 is 0 Å². The predicted octanol–water partition coefficient (Wildman–Crippen LogP) is 4.36. The zero-order valence-electron chi connectivity index (χ0n) is 8.71. The van der Waals surface area contributed by atoms with E-state index in [0.29, 0.717) is 0 Å². The topological polar surface area (TPSA) is 20.2 Å². The largest absolute Gasteiger partial charge is 0.516 e. The van der Waals surface area contributed by atoms with Gasteiger partial charge in [0.2, 0.25) is 0 Å². The molecule has 0 bridgehead atoms. The molecule has 0 aromatic rings. The third-order valence-electron chi connectivity index (χ3n) is 2.06. The average Bonchev–Trinajstić information content (AvgIpc) is 2.16. The summed E-state index contributed by atoms with van der Waals surface area (Å²) in [7, 11) is 0. The van der Waals surface area contributed by atoms with E-state index in [1.807, 2.05) is 6.08 Å². The summed E-state index contributed by atoms with van der Waals surface area (Å²) < 4.78 is 0. The Bertz CT molecular complexity index is 136. The molecule has 0 aliphatic rings. The Morgan fingerprint density at radius 1 is 0.923 bits per heavy atom. The van der Waals surface area contributed by atoms with Crippen molar-refractivity contribution in [2.75, 3.05) is 0 Å². The summed E-state index contributed by atoms with van der Waals surface area (Å²) in [5.41, 5.74) is 0. The standard InChI is InChI=1S/C12H22O/c1-2-3-4-5-6-7-8-9-10-11-12-13/h9-13H,2-8H2,1H3/b10-9-,12-11-. The first-order chi connectivity index (χ1) is 6.41. The van der Waals surface area contributed by atoms with Crippen molar-refractivity contribution < 1.29 is 5.11 Å². The second-order valence-corrected chi connectivity index (χ2v) is 3.33. The van der Waals surface area contributed by atoms with Gasteiger partial charge in [0, 0.05) is 0 Å². The van der Waals surface area contributed by atoms with Crippen LogP contribution in [0.25, 0.3) is 0 Å². The number of hydrogen-bond acceptors (Lipinski definition) is 1. The van der Waals surface area contributed by atoms with Gasteiger partial charge in [0.15, 0.2) is 0 Å². The Labute approximate surface area is 82.2 Å². The van der Waals surface area contributed by atoms with E-state index in [9.17, 15) is 0 Å². The first kappa shape index (κ1) is 12.3. The smallest absolute Gasteiger partial charge is 0.0791 e. The number of aliphatic hydroxyl groups is 1. The quantitative estimate of drug-likeness (QED) is 0.336. The molecule has 0 spiro atoms. The Kier molecular flexibility index (Phi) is 10.7. The van der Waals surface area contributed by atoms with E-state index >= 15 is 0 Å². The van der Waals surface area contributed by atoms with Gasteiger partial charge in [-0.15, -0.1) is 0 Å². The molecule has 0 atom stereocenters. The minimum absolute atomic E-state index is 1.07. The van der Waals surface area contributed by atoms with Crippen LogP contribution in [-0.2, 0) is 0 Å². The maximum atomic E-state index is 8.33. The molecule has 0 amide bonds. The Morgan fingerprint density at radius 3 is 2.31 bits per heavy atom. The molecule has 0 saturated heterocycles. The molecular formula is C12H22O. The number of aliphatic hydroxyl groups excluding tert-OH is 1. The summed E-state index contributed by atoms with van der Waals surface area (Å²) >= 11 is 0. The maximum Gasteiger partial charge on any atom is 0.0791 e. The predicted molar refractivity (Wildman–Crippen MR) is 58.9 cm³/mol. The van der Waals surface area contributed by atoms with Crippen molar-refractivity contribution in [1.29, 1.82) is 0 Å². The highest BCUT2D eigenvalue weighted by molar-refractivity contribution is 4.98. The van der Waals surface area contributed by atoms with Crippen LogP contribution in [0, 0.1) is 0 Å². The summed E-state index contributed by atoms with van der Waals surface area (Å²) in [6, 6.07) is 0. The first-order valence-corrected chi connectivity index (χ1v) is 5.37. The van der Waals surface area contributed by atoms with Gasteiger partial charge in [0.25, 0.3) is 0 Å². The molecule has 0 unspecified atom stereocenters. The second-order valence-electron chi connectivity index (χ2n) is 3.33. The molecule has 1 nitrogen and oxygen atoms in total. The van der Waals surface area contributed by atoms with Crippen molar-refractivity contribution in [3.05, 3.63) is 24.5 Å². The molecular weight excluding hydrogens is 160 g/mol. The molecule has 1 N–H and O–H groups in total. The van der Waals surface area contributed by atoms with Crippen LogP contribution < -0.4 is 0 Å². The molecule has 13 heavy (non-hydrogen) atoms. The second kappa shape index (κ2) is 11.3. The molecule has 0 fully saturated rings. The van der Waals surface area contributed by atoms with Crippen LogP contribution in [0.4, 0.5) is 0 Å². The SMILES string of the molecule is CCCCCCCC/C=C\C=C/O. The van der Waals surface area contributed by atoms with Crippen molar-refractivity contribution in [3.63, 3.8) is 0 Å². The summed E-state index contributed by atoms with van der Waals surface area (Å²) in [4.78, 5) is 0. The van der Waals surface area contributed by atoms with E-state index in [0.717, 1.165) is 12.7 Å². The van der Waals surface area contributed by atoms with Crippen molar-refractivity contribution in [3.8, 4) is 0 Å². The lowest BCUT2D eigenvalue weighted by Crippen LogP contribution is -1.77. The normalized spacial score (nSPS) is 11.8. The van der Waals surface area contributed by atoms with E-state index in [4.69, 9.17) is 5.11 Å². The van der Waals surface area contributed by atoms with Gasteiger partial charge in [-0.3, -0.25) is 0 Å². The van der Waals surface area contributed by atoms with Crippen LogP contribution in [0.15, 0.2) is 24.5 Å². The van der Waals surface area contributed by atoms with Gasteiger partial charge in [-0.1, -0.05) is 51.2 Å². The number of rotatable bonds is 8. The molecule has 0 aromatic heterocycles. The van der Waals surface area contributed by atoms with Gasteiger partial charge in [-0.2, -0.15) is 0 Å². The van der Waals surface area contributed by atoms with E-state index in [-0.39, 0.29) is 0 Å². The fraction of sp³-hybridized carbons (Fsp3) is 0.667. The summed E-state index contributed by atoms with van der Waals surface area (Å²) in [5.74, 6) is 0. The Hall–Kier alpha value is -0.720. The fourth-order valence-electron chi connectivity index (χ4n) is 1.27. The summed E-state index contributed by atoms with van der Waals surface area (Å²) in [5, 5.41) is 8.33. The summed E-state index contributed by atoms with van der Waals surface area (Å²) in [6.45, 7) is 2.24. The highest BCUT2D eigenvalue weighted by Crippen LogP contribution is 2.06. The van der Waals surface area contributed by atoms with Crippen LogP contribution in [0.3, 0.4) is 0 Å². The van der Waals surface area contributed by atoms with Gasteiger partial charge in [0.05, 0.1) is 6.26 Å². The Balaban J connectivity index is 2.99. The van der Waals surface area contributed by atoms with Crippen LogP contribution in [0.1, 0.15) is 51.9 Å². The van der Waals surface area contributed by atoms with E-state index in [1.165, 1.54) is 38.5 Å². The molecule has 0 rings (SSSR count). The van der Waals surface area contributed by atoms with E-state index in [2.05, 4.69) is 13.0 Å². The maximum absolute atomic E-state index is 8.33. The lowest BCUT2D eigenvalue weighted by molar-refractivity contribution is 0.473. The van der Waals surface area contributed by atoms with Crippen LogP contribution in [-0.4, -0.2) is 5.11 Å². The molecule has 0 heterocycles. The third-order valence-corrected chi connectivity index (χ3v) is 2.06. The zero-order chi connectivity index (χ0) is 9.78. The molecule has 76 valence electrons. The number of allylic oxidation sites excluding steroid dienone is 3. The summed E-state index contributed by atoms with van der Waals surface area (Å²) in [6.07, 6.45) is 15.9. The minimum Gasteiger partial charge on any atom is -0.516 e. The lowest BCUT2D eigenvalue weighted by atomic mass is 10.1.